The number of fused-ring (bicyclic) bond motifs is 4. The number of carbonyl (C=O) groups is 8. The molecule has 0 aliphatic carbocycles. The largest absolute Gasteiger partial charge is 0.370 e. The first-order valence-corrected chi connectivity index (χ1v) is 34.5. The van der Waals surface area contributed by atoms with E-state index in [2.05, 4.69) is 78.4 Å². The molecule has 0 saturated carbocycles. The smallest absolute Gasteiger partial charge is 0.247 e. The van der Waals surface area contributed by atoms with Gasteiger partial charge in [-0.1, -0.05) is 72.8 Å². The Kier molecular flexibility index (Phi) is 25.5. The molecule has 31 nitrogen and oxygen atoms in total. The number of para-hydroxylation sites is 4. The van der Waals surface area contributed by atoms with Crippen molar-refractivity contribution in [3.63, 3.8) is 0 Å². The fourth-order valence-corrected chi connectivity index (χ4v) is 13.3. The van der Waals surface area contributed by atoms with Gasteiger partial charge in [-0.15, -0.1) is 0 Å². The number of hydrogen-bond acceptors (Lipinski definition) is 12. The number of aryl methyl sites for hydroxylation is 4. The van der Waals surface area contributed by atoms with Crippen molar-refractivity contribution in [3.8, 4) is 0 Å². The minimum Gasteiger partial charge on any atom is -0.370 e. The standard InChI is InChI=1S/C72H95N23O8/c1-37-13-5-18-45-42(33-85-57(37)45)29-53-65(100)93-54(30-43-34-86-58-38(2)14-6-19-46(43)58)66(101)94-55(31-44-35-87-59-39(3)15-7-20-47(44)59)67(102)95-61(49-36-88-60-40(4)16-8-21-48(49)60)68(103)91-52(24-12-28-84-72(79)80)64(99)90-51(23-11-27-83-71(77)78)63(98)89-50(22-10-26-82-70(75)76)56(96)32-41(62(97)92-53)17-9-25-81-69(73)74/h5-8,13-16,18-21,33-36,41,50-55,61,85-88H,9-12,17,22-32H2,1-4H3,(H,89,98)(H,90,99)(H,91,103)(H,92,97)(H,93,100)(H,94,101)(H,95,102)(H4,73,74,81)(H4,75,76,82)(H4,77,78,83)(H4,79,80,84)/t41-,50+,51+,52+,53+,54+,55+,61+/m1/s1. The second-order valence-corrected chi connectivity index (χ2v) is 26.4. The van der Waals surface area contributed by atoms with Gasteiger partial charge >= 0.3 is 0 Å². The van der Waals surface area contributed by atoms with Gasteiger partial charge in [-0.05, 0) is 118 Å². The van der Waals surface area contributed by atoms with Crippen LogP contribution in [0.2, 0.25) is 0 Å². The van der Waals surface area contributed by atoms with Gasteiger partial charge in [0.1, 0.15) is 36.3 Å². The molecule has 27 N–H and O–H groups in total. The van der Waals surface area contributed by atoms with Gasteiger partial charge in [-0.25, -0.2) is 0 Å². The first kappa shape index (κ1) is 75.3. The topological polar surface area (TPSA) is 532 Å². The molecule has 5 heterocycles. The van der Waals surface area contributed by atoms with Crippen LogP contribution >= 0.6 is 0 Å². The summed E-state index contributed by atoms with van der Waals surface area (Å²) in [4.78, 5) is 138. The van der Waals surface area contributed by atoms with Gasteiger partial charge in [-0.3, -0.25) is 60.0 Å². The summed E-state index contributed by atoms with van der Waals surface area (Å²) < 4.78 is 0. The van der Waals surface area contributed by atoms with E-state index in [0.717, 1.165) is 55.0 Å². The number of hydrogen-bond donors (Lipinski definition) is 23. The van der Waals surface area contributed by atoms with E-state index in [4.69, 9.17) is 44.6 Å². The highest BCUT2D eigenvalue weighted by Crippen LogP contribution is 2.30. The van der Waals surface area contributed by atoms with Crippen molar-refractivity contribution >= 4 is 115 Å². The molecule has 9 rings (SSSR count). The van der Waals surface area contributed by atoms with Gasteiger partial charge in [0, 0.05) is 132 Å². The monoisotopic (exact) mass is 1410 g/mol. The number of nitrogens with two attached hydrogens (primary N) is 4. The third-order valence-corrected chi connectivity index (χ3v) is 18.8. The number of ketones is 1. The van der Waals surface area contributed by atoms with Gasteiger partial charge in [0.15, 0.2) is 29.6 Å². The molecule has 7 amide bonds. The van der Waals surface area contributed by atoms with Crippen molar-refractivity contribution in [3.05, 3.63) is 142 Å². The summed E-state index contributed by atoms with van der Waals surface area (Å²) in [7, 11) is 0. The van der Waals surface area contributed by atoms with E-state index in [9.17, 15) is 0 Å². The summed E-state index contributed by atoms with van der Waals surface area (Å²) in [5, 5.41) is 65.4. The molecule has 0 unspecified atom stereocenters. The van der Waals surface area contributed by atoms with Crippen molar-refractivity contribution < 1.29 is 38.4 Å². The molecule has 1 saturated heterocycles. The van der Waals surface area contributed by atoms with Gasteiger partial charge in [-0.2, -0.15) is 0 Å². The van der Waals surface area contributed by atoms with Crippen LogP contribution < -0.4 is 81.4 Å². The van der Waals surface area contributed by atoms with Crippen LogP contribution in [0.3, 0.4) is 0 Å². The summed E-state index contributed by atoms with van der Waals surface area (Å²) >= 11 is 0. The lowest BCUT2D eigenvalue weighted by Gasteiger charge is -2.29. The molecule has 1 fully saturated rings. The molecule has 0 spiro atoms. The summed E-state index contributed by atoms with van der Waals surface area (Å²) in [5.74, 6) is -9.13. The minimum atomic E-state index is -1.62. The predicted octanol–water partition coefficient (Wildman–Crippen LogP) is 2.28. The molecule has 4 aromatic heterocycles. The van der Waals surface area contributed by atoms with Crippen molar-refractivity contribution in [2.24, 2.45) is 28.9 Å². The third-order valence-electron chi connectivity index (χ3n) is 18.8. The molecule has 0 radical (unpaired) electrons. The number of guanidine groups is 4. The van der Waals surface area contributed by atoms with E-state index in [-0.39, 0.29) is 126 Å². The molecule has 8 aromatic rings. The van der Waals surface area contributed by atoms with E-state index >= 15 is 38.4 Å². The van der Waals surface area contributed by atoms with Crippen molar-refractivity contribution in [1.29, 1.82) is 21.6 Å². The lowest BCUT2D eigenvalue weighted by molar-refractivity contribution is -0.137. The molecule has 1 aliphatic heterocycles. The van der Waals surface area contributed by atoms with E-state index in [0.29, 0.717) is 27.6 Å². The summed E-state index contributed by atoms with van der Waals surface area (Å²) in [6, 6.07) is 11.9. The van der Waals surface area contributed by atoms with Gasteiger partial charge in [0.2, 0.25) is 41.4 Å². The van der Waals surface area contributed by atoms with Gasteiger partial charge in [0.25, 0.3) is 0 Å². The molecule has 103 heavy (non-hydrogen) atoms. The first-order chi connectivity index (χ1) is 49.3. The average molecular weight is 1410 g/mol. The Morgan fingerprint density at radius 3 is 1.07 bits per heavy atom. The van der Waals surface area contributed by atoms with E-state index in [1.54, 1.807) is 36.9 Å². The van der Waals surface area contributed by atoms with Crippen LogP contribution in [0.15, 0.2) is 97.6 Å². The number of nitrogens with one attached hydrogen (secondary N) is 19. The Morgan fingerprint density at radius 1 is 0.369 bits per heavy atom. The third kappa shape index (κ3) is 19.8. The van der Waals surface area contributed by atoms with Gasteiger partial charge < -0.3 is 101 Å². The Bertz CT molecular complexity index is 4470. The second kappa shape index (κ2) is 34.9. The molecular weight excluding hydrogens is 1310 g/mol. The normalized spacial score (nSPS) is 20.0. The Hall–Kier alpha value is -11.9. The SMILES string of the molecule is Cc1cccc2c(C[C@@H]3NC(=O)[C@H](CCCNC(=N)N)CC(=O)[C@H](CCCNC(=N)N)NC(=O)[C@H](CCCNC(=N)N)NC(=O)[C@H](CCCNC(=N)N)NC(=O)[C@H](c4c[nH]c5c(C)cccc45)NC(=O)[C@H](Cc4c[nH]c5c(C)cccc45)NC(=O)[C@H](Cc4c[nH]c5c(C)cccc45)NC3=O)c[nH]c12. The molecule has 31 heteroatoms. The molecule has 546 valence electrons. The summed E-state index contributed by atoms with van der Waals surface area (Å²) in [6.45, 7) is 7.94. The predicted molar refractivity (Wildman–Crippen MR) is 395 cm³/mol. The zero-order valence-corrected chi connectivity index (χ0v) is 58.2. The van der Waals surface area contributed by atoms with E-state index in [1.165, 1.54) is 0 Å². The number of H-pyrrole nitrogens is 4. The van der Waals surface area contributed by atoms with Crippen LogP contribution in [0.4, 0.5) is 0 Å². The number of aromatic amines is 4. The molecule has 0 bridgehead atoms. The zero-order valence-electron chi connectivity index (χ0n) is 58.2. The molecule has 8 atom stereocenters. The van der Waals surface area contributed by atoms with Crippen LogP contribution in [0.1, 0.15) is 108 Å². The Morgan fingerprint density at radius 2 is 0.670 bits per heavy atom. The lowest BCUT2D eigenvalue weighted by atomic mass is 9.91. The summed E-state index contributed by atoms with van der Waals surface area (Å²) in [6.07, 6.45) is 5.96. The van der Waals surface area contributed by atoms with Crippen LogP contribution in [-0.2, 0) is 57.6 Å². The quantitative estimate of drug-likeness (QED) is 0.0248. The minimum absolute atomic E-state index is 0.0207. The van der Waals surface area contributed by atoms with E-state index < -0.39 is 102 Å². The van der Waals surface area contributed by atoms with Crippen LogP contribution in [0.25, 0.3) is 43.6 Å². The van der Waals surface area contributed by atoms with Gasteiger partial charge in [0.05, 0.1) is 6.04 Å². The maximum Gasteiger partial charge on any atom is 0.247 e. The van der Waals surface area contributed by atoms with Crippen molar-refractivity contribution in [2.45, 2.75) is 147 Å². The maximum atomic E-state index is 15.9. The fourth-order valence-electron chi connectivity index (χ4n) is 13.3. The number of Topliss-reactive ketones (excluding diaryl/α,β-unsaturated/α-hetero) is 1. The summed E-state index contributed by atoms with van der Waals surface area (Å²) in [5.41, 5.74) is 31.2. The highest BCUT2D eigenvalue weighted by atomic mass is 16.2. The van der Waals surface area contributed by atoms with E-state index in [1.807, 2.05) is 88.4 Å². The highest BCUT2D eigenvalue weighted by Gasteiger charge is 2.38. The number of rotatable bonds is 23. The number of benzene rings is 4. The number of carbonyl (C=O) groups excluding carboxylic acids is 8. The maximum absolute atomic E-state index is 15.9. The fraction of sp³-hybridized carbons (Fsp3) is 0.389. The highest BCUT2D eigenvalue weighted by molar-refractivity contribution is 6.02. The average Bonchev–Trinajstić information content (AvgIpc) is 1.69. The Labute approximate surface area is 594 Å². The van der Waals surface area contributed by atoms with Crippen LogP contribution in [0.5, 0.6) is 0 Å². The zero-order chi connectivity index (χ0) is 74.0. The number of aromatic nitrogens is 4. The molecule has 1 aliphatic rings. The van der Waals surface area contributed by atoms with Crippen LogP contribution in [0, 0.1) is 55.2 Å². The number of amides is 7. The molecule has 4 aromatic carbocycles. The Balaban J connectivity index is 1.21. The van der Waals surface area contributed by atoms with Crippen molar-refractivity contribution in [1.82, 2.24) is 78.4 Å². The van der Waals surface area contributed by atoms with Crippen molar-refractivity contribution in [2.75, 3.05) is 26.2 Å². The molecular formula is C72H95N23O8. The first-order valence-electron chi connectivity index (χ1n) is 34.5. The second-order valence-electron chi connectivity index (χ2n) is 26.4. The lowest BCUT2D eigenvalue weighted by Crippen LogP contribution is -2.59. The van der Waals surface area contributed by atoms with Crippen LogP contribution in [-0.4, -0.2) is 153 Å².